The van der Waals surface area contributed by atoms with Crippen molar-refractivity contribution in [3.63, 3.8) is 0 Å². The Hall–Kier alpha value is -3.17. The van der Waals surface area contributed by atoms with E-state index >= 15 is 0 Å². The van der Waals surface area contributed by atoms with E-state index in [-0.39, 0.29) is 5.69 Å². The van der Waals surface area contributed by atoms with Gasteiger partial charge in [-0.25, -0.2) is 9.59 Å². The Labute approximate surface area is 138 Å². The predicted molar refractivity (Wildman–Crippen MR) is 79.7 cm³/mol. The second-order valence-corrected chi connectivity index (χ2v) is 5.00. The lowest BCUT2D eigenvalue weighted by Gasteiger charge is -2.14. The molecule has 1 aliphatic rings. The molecule has 0 radical (unpaired) electrons. The molecule has 1 heterocycles. The molecule has 3 N–H and O–H groups in total. The van der Waals surface area contributed by atoms with Crippen LogP contribution in [-0.4, -0.2) is 43.7 Å². The van der Waals surface area contributed by atoms with Gasteiger partial charge in [0, 0.05) is 0 Å². The summed E-state index contributed by atoms with van der Waals surface area (Å²) in [6.45, 7) is 0. The van der Waals surface area contributed by atoms with Gasteiger partial charge in [-0.2, -0.15) is 23.5 Å². The molecule has 0 saturated carbocycles. The molecule has 7 nitrogen and oxygen atoms in total. The molecule has 0 bridgehead atoms. The Morgan fingerprint density at radius 2 is 1.72 bits per heavy atom. The van der Waals surface area contributed by atoms with Crippen LogP contribution < -0.4 is 0 Å². The van der Waals surface area contributed by atoms with E-state index in [9.17, 15) is 18.0 Å². The first-order valence-electron chi connectivity index (χ1n) is 6.93. The SMILES string of the molecule is O=C(O)C(F)(F)F.O=C(O)c1n[nH]nc1C1=Cc2ccccc2CC1. The highest BCUT2D eigenvalue weighted by Crippen LogP contribution is 2.30. The third kappa shape index (κ3) is 4.43. The number of nitrogens with zero attached hydrogens (tertiary/aromatic N) is 2. The van der Waals surface area contributed by atoms with Crippen LogP contribution >= 0.6 is 0 Å². The number of aliphatic carboxylic acids is 1. The Bertz CT molecular complexity index is 827. The molecule has 0 saturated heterocycles. The van der Waals surface area contributed by atoms with Gasteiger partial charge >= 0.3 is 18.1 Å². The van der Waals surface area contributed by atoms with Crippen LogP contribution in [0, 0.1) is 0 Å². The number of aryl methyl sites for hydroxylation is 1. The van der Waals surface area contributed by atoms with Crippen LogP contribution in [0.3, 0.4) is 0 Å². The fraction of sp³-hybridized carbons (Fsp3) is 0.200. The minimum Gasteiger partial charge on any atom is -0.476 e. The molecular weight excluding hydrogens is 343 g/mol. The van der Waals surface area contributed by atoms with Gasteiger partial charge in [0.1, 0.15) is 5.69 Å². The third-order valence-corrected chi connectivity index (χ3v) is 3.35. The maximum atomic E-state index is 11.0. The van der Waals surface area contributed by atoms with Crippen molar-refractivity contribution in [2.24, 2.45) is 0 Å². The molecule has 1 aromatic heterocycles. The van der Waals surface area contributed by atoms with Gasteiger partial charge in [0.2, 0.25) is 0 Å². The number of aromatic carboxylic acids is 1. The minimum atomic E-state index is -5.08. The summed E-state index contributed by atoms with van der Waals surface area (Å²) in [7, 11) is 0. The van der Waals surface area contributed by atoms with Crippen LogP contribution in [-0.2, 0) is 11.2 Å². The van der Waals surface area contributed by atoms with Crippen molar-refractivity contribution in [2.75, 3.05) is 0 Å². The number of allylic oxidation sites excluding steroid dienone is 1. The second-order valence-electron chi connectivity index (χ2n) is 5.00. The van der Waals surface area contributed by atoms with Gasteiger partial charge < -0.3 is 10.2 Å². The van der Waals surface area contributed by atoms with E-state index in [1.807, 2.05) is 24.3 Å². The molecule has 10 heteroatoms. The van der Waals surface area contributed by atoms with Crippen LogP contribution in [0.5, 0.6) is 0 Å². The summed E-state index contributed by atoms with van der Waals surface area (Å²) in [6.07, 6.45) is -1.42. The average molecular weight is 355 g/mol. The molecular formula is C15H12F3N3O4. The minimum absolute atomic E-state index is 0.0133. The van der Waals surface area contributed by atoms with E-state index in [0.717, 1.165) is 24.0 Å². The number of carboxylic acid groups (broad SMARTS) is 2. The largest absolute Gasteiger partial charge is 0.490 e. The highest BCUT2D eigenvalue weighted by atomic mass is 19.4. The van der Waals surface area contributed by atoms with E-state index in [1.165, 1.54) is 5.56 Å². The summed E-state index contributed by atoms with van der Waals surface area (Å²) in [6, 6.07) is 8.09. The van der Waals surface area contributed by atoms with Crippen molar-refractivity contribution >= 4 is 23.6 Å². The molecule has 132 valence electrons. The Kier molecular flexibility index (Phi) is 5.20. The predicted octanol–water partition coefficient (Wildman–Crippen LogP) is 2.62. The van der Waals surface area contributed by atoms with Crippen molar-refractivity contribution in [3.05, 3.63) is 46.8 Å². The molecule has 0 spiro atoms. The number of rotatable bonds is 2. The highest BCUT2D eigenvalue weighted by Gasteiger charge is 2.38. The van der Waals surface area contributed by atoms with E-state index in [0.29, 0.717) is 5.69 Å². The number of nitrogens with one attached hydrogen (secondary N) is 1. The monoisotopic (exact) mass is 355 g/mol. The quantitative estimate of drug-likeness (QED) is 0.763. The lowest BCUT2D eigenvalue weighted by Crippen LogP contribution is -2.21. The van der Waals surface area contributed by atoms with Gasteiger partial charge in [0.05, 0.1) is 0 Å². The second kappa shape index (κ2) is 7.16. The Morgan fingerprint density at radius 3 is 2.32 bits per heavy atom. The first-order chi connectivity index (χ1) is 11.7. The number of halogens is 3. The number of aromatic nitrogens is 3. The summed E-state index contributed by atoms with van der Waals surface area (Å²) in [5, 5.41) is 26.2. The number of aromatic amines is 1. The van der Waals surface area contributed by atoms with Crippen molar-refractivity contribution < 1.29 is 33.0 Å². The summed E-state index contributed by atoms with van der Waals surface area (Å²) in [4.78, 5) is 19.9. The standard InChI is InChI=1S/C13H11N3O2.C2HF3O2/c17-13(18)12-11(14-16-15-12)10-6-5-8-3-1-2-4-9(8)7-10;3-2(4,5)1(6)7/h1-4,7H,5-6H2,(H,17,18)(H,14,15,16);(H,6,7). The number of carbonyl (C=O) groups is 2. The molecule has 1 aliphatic carbocycles. The molecule has 0 fully saturated rings. The maximum Gasteiger partial charge on any atom is 0.490 e. The molecule has 25 heavy (non-hydrogen) atoms. The van der Waals surface area contributed by atoms with Crippen LogP contribution in [0.4, 0.5) is 13.2 Å². The van der Waals surface area contributed by atoms with Crippen LogP contribution in [0.2, 0.25) is 0 Å². The van der Waals surface area contributed by atoms with Crippen LogP contribution in [0.25, 0.3) is 11.6 Å². The fourth-order valence-corrected chi connectivity index (χ4v) is 2.22. The highest BCUT2D eigenvalue weighted by molar-refractivity contribution is 5.94. The summed E-state index contributed by atoms with van der Waals surface area (Å²) in [5.74, 6) is -3.81. The van der Waals surface area contributed by atoms with Crippen molar-refractivity contribution in [2.45, 2.75) is 19.0 Å². The zero-order valence-corrected chi connectivity index (χ0v) is 12.5. The van der Waals surface area contributed by atoms with E-state index < -0.39 is 18.1 Å². The molecule has 3 rings (SSSR count). The number of alkyl halides is 3. The number of hydrogen-bond donors (Lipinski definition) is 3. The Morgan fingerprint density at radius 1 is 1.08 bits per heavy atom. The normalized spacial score (nSPS) is 13.2. The lowest BCUT2D eigenvalue weighted by molar-refractivity contribution is -0.192. The summed E-state index contributed by atoms with van der Waals surface area (Å²) in [5.41, 5.74) is 3.75. The first kappa shape index (κ1) is 18.2. The topological polar surface area (TPSA) is 116 Å². The van der Waals surface area contributed by atoms with E-state index in [4.69, 9.17) is 15.0 Å². The van der Waals surface area contributed by atoms with E-state index in [1.54, 1.807) is 0 Å². The van der Waals surface area contributed by atoms with Gasteiger partial charge in [0.15, 0.2) is 5.69 Å². The molecule has 0 amide bonds. The summed E-state index contributed by atoms with van der Waals surface area (Å²) < 4.78 is 31.7. The van der Waals surface area contributed by atoms with Gasteiger partial charge in [0.25, 0.3) is 0 Å². The van der Waals surface area contributed by atoms with Crippen LogP contribution in [0.15, 0.2) is 24.3 Å². The lowest BCUT2D eigenvalue weighted by atomic mass is 9.90. The maximum absolute atomic E-state index is 11.0. The number of benzene rings is 1. The average Bonchev–Trinajstić information content (AvgIpc) is 3.04. The number of fused-ring (bicyclic) bond motifs is 1. The molecule has 0 aliphatic heterocycles. The molecule has 0 unspecified atom stereocenters. The van der Waals surface area contributed by atoms with Crippen molar-refractivity contribution in [3.8, 4) is 0 Å². The molecule has 0 atom stereocenters. The first-order valence-corrected chi connectivity index (χ1v) is 6.93. The fourth-order valence-electron chi connectivity index (χ4n) is 2.22. The molecule has 1 aromatic carbocycles. The smallest absolute Gasteiger partial charge is 0.476 e. The van der Waals surface area contributed by atoms with Gasteiger partial charge in [-0.15, -0.1) is 5.10 Å². The van der Waals surface area contributed by atoms with Gasteiger partial charge in [-0.1, -0.05) is 24.3 Å². The third-order valence-electron chi connectivity index (χ3n) is 3.35. The van der Waals surface area contributed by atoms with Crippen molar-refractivity contribution in [1.82, 2.24) is 15.4 Å². The zero-order valence-electron chi connectivity index (χ0n) is 12.5. The van der Waals surface area contributed by atoms with Crippen LogP contribution in [0.1, 0.15) is 33.7 Å². The van der Waals surface area contributed by atoms with Crippen molar-refractivity contribution in [1.29, 1.82) is 0 Å². The van der Waals surface area contributed by atoms with E-state index in [2.05, 4.69) is 21.5 Å². The number of carboxylic acids is 2. The van der Waals surface area contributed by atoms with Gasteiger partial charge in [-0.3, -0.25) is 0 Å². The zero-order chi connectivity index (χ0) is 18.6. The van der Waals surface area contributed by atoms with Gasteiger partial charge in [-0.05, 0) is 35.6 Å². The summed E-state index contributed by atoms with van der Waals surface area (Å²) >= 11 is 0. The number of H-pyrrole nitrogens is 1. The molecule has 2 aromatic rings. The Balaban J connectivity index is 0.000000277. The number of hydrogen-bond acceptors (Lipinski definition) is 4.